The van der Waals surface area contributed by atoms with E-state index in [0.717, 1.165) is 24.2 Å². The Bertz CT molecular complexity index is 2360. The fourth-order valence-corrected chi connectivity index (χ4v) is 8.82. The molecule has 1 atom stereocenters. The van der Waals surface area contributed by atoms with Crippen molar-refractivity contribution < 1.29 is 0 Å². The molecule has 0 N–H and O–H groups in total. The van der Waals surface area contributed by atoms with E-state index < -0.39 is 0 Å². The number of benzene rings is 6. The summed E-state index contributed by atoms with van der Waals surface area (Å²) in [6.07, 6.45) is 16.3. The average molecular weight is 674 g/mol. The van der Waals surface area contributed by atoms with Crippen LogP contribution in [0.15, 0.2) is 182 Å². The molecular weight excluding hydrogens is 635 g/mol. The fourth-order valence-electron chi connectivity index (χ4n) is 7.61. The van der Waals surface area contributed by atoms with Gasteiger partial charge in [0, 0.05) is 38.0 Å². The Morgan fingerprint density at radius 2 is 1.16 bits per heavy atom. The first kappa shape index (κ1) is 31.3. The van der Waals surface area contributed by atoms with Crippen LogP contribution in [0.2, 0.25) is 0 Å². The maximum Gasteiger partial charge on any atom is 0.0461 e. The summed E-state index contributed by atoms with van der Waals surface area (Å²) >= 11 is 1.97. The molecule has 7 aromatic rings. The molecule has 0 saturated carbocycles. The molecule has 0 aliphatic heterocycles. The monoisotopic (exact) mass is 673 g/mol. The van der Waals surface area contributed by atoms with Crippen LogP contribution in [0.3, 0.4) is 0 Å². The van der Waals surface area contributed by atoms with Gasteiger partial charge in [0.15, 0.2) is 0 Å². The Hall–Kier alpha value is -5.70. The molecule has 0 amide bonds. The molecule has 1 aromatic heterocycles. The van der Waals surface area contributed by atoms with Crippen LogP contribution >= 0.6 is 11.3 Å². The highest BCUT2D eigenvalue weighted by molar-refractivity contribution is 7.19. The van der Waals surface area contributed by atoms with Crippen molar-refractivity contribution in [3.8, 4) is 33.4 Å². The van der Waals surface area contributed by atoms with Crippen LogP contribution in [0, 0.1) is 0 Å². The van der Waals surface area contributed by atoms with Crippen LogP contribution in [0.5, 0.6) is 0 Å². The van der Waals surface area contributed by atoms with Crippen molar-refractivity contribution in [2.75, 3.05) is 4.90 Å². The highest BCUT2D eigenvalue weighted by atomic mass is 32.1. The van der Waals surface area contributed by atoms with Gasteiger partial charge in [0.1, 0.15) is 0 Å². The first-order chi connectivity index (χ1) is 25.3. The summed E-state index contributed by atoms with van der Waals surface area (Å²) in [6.45, 7) is 0. The zero-order chi connectivity index (χ0) is 34.0. The first-order valence-electron chi connectivity index (χ1n) is 18.1. The lowest BCUT2D eigenvalue weighted by Gasteiger charge is -2.29. The van der Waals surface area contributed by atoms with E-state index in [9.17, 15) is 0 Å². The minimum absolute atomic E-state index is 0.272. The number of hydrogen-bond donors (Lipinski definition) is 0. The van der Waals surface area contributed by atoms with Crippen molar-refractivity contribution in [2.24, 2.45) is 0 Å². The van der Waals surface area contributed by atoms with E-state index in [4.69, 9.17) is 0 Å². The zero-order valence-electron chi connectivity index (χ0n) is 28.6. The summed E-state index contributed by atoms with van der Waals surface area (Å²) in [6, 6.07) is 55.4. The quantitative estimate of drug-likeness (QED) is 0.163. The third kappa shape index (κ3) is 6.40. The topological polar surface area (TPSA) is 3.24 Å². The average Bonchev–Trinajstić information content (AvgIpc) is 3.38. The van der Waals surface area contributed by atoms with Gasteiger partial charge in [-0.2, -0.15) is 0 Å². The molecule has 1 unspecified atom stereocenters. The molecule has 0 radical (unpaired) electrons. The van der Waals surface area contributed by atoms with Gasteiger partial charge in [-0.25, -0.2) is 0 Å². The number of para-hydroxylation sites is 2. The maximum absolute atomic E-state index is 2.44. The molecule has 0 fully saturated rings. The number of hydrogen-bond acceptors (Lipinski definition) is 2. The Morgan fingerprint density at radius 1 is 0.549 bits per heavy atom. The molecule has 2 heteroatoms. The molecule has 246 valence electrons. The van der Waals surface area contributed by atoms with Crippen molar-refractivity contribution >= 4 is 38.9 Å². The number of aryl methyl sites for hydroxylation is 1. The summed E-state index contributed by atoms with van der Waals surface area (Å²) in [5.74, 6) is 0.272. The van der Waals surface area contributed by atoms with Gasteiger partial charge < -0.3 is 4.90 Å². The van der Waals surface area contributed by atoms with Crippen LogP contribution in [0.4, 0.5) is 11.4 Å². The number of allylic oxidation sites excluding steroid dienone is 4. The van der Waals surface area contributed by atoms with E-state index in [-0.39, 0.29) is 5.92 Å². The molecule has 51 heavy (non-hydrogen) atoms. The SMILES string of the molecule is C1=Cc2c(sc3ccc(-c4cc(-c5ccc(-c6ccccc6)cc5)cc(C5C=CC(N(c6ccccc6)c6ccccc6)=CC5)c4)cc23)CCC1. The van der Waals surface area contributed by atoms with E-state index in [1.165, 1.54) is 78.0 Å². The van der Waals surface area contributed by atoms with Crippen molar-refractivity contribution in [2.45, 2.75) is 31.6 Å². The third-order valence-corrected chi connectivity index (χ3v) is 11.5. The zero-order valence-corrected chi connectivity index (χ0v) is 29.4. The summed E-state index contributed by atoms with van der Waals surface area (Å²) in [5.41, 5.74) is 13.8. The van der Waals surface area contributed by atoms with Gasteiger partial charge in [0.25, 0.3) is 0 Å². The van der Waals surface area contributed by atoms with E-state index >= 15 is 0 Å². The van der Waals surface area contributed by atoms with Crippen molar-refractivity contribution in [3.05, 3.63) is 198 Å². The van der Waals surface area contributed by atoms with Gasteiger partial charge >= 0.3 is 0 Å². The van der Waals surface area contributed by atoms with E-state index in [0.29, 0.717) is 0 Å². The standard InChI is InChI=1S/C49H39NS/c1-5-13-35(14-6-1)36-21-23-37(24-22-36)40-31-41(33-42(32-40)39-27-30-49-47(34-39)46-19-11-4-12-20-48(46)51-49)38-25-28-45(29-26-38)50(43-15-7-2-8-16-43)44-17-9-3-10-18-44/h1-3,5-11,13-19,21-25,27-34,38H,4,12,20,26H2. The first-order valence-corrected chi connectivity index (χ1v) is 18.9. The second-order valence-corrected chi connectivity index (χ2v) is 14.7. The molecule has 0 saturated heterocycles. The lowest BCUT2D eigenvalue weighted by Crippen LogP contribution is -2.17. The molecule has 0 bridgehead atoms. The molecule has 1 heterocycles. The normalized spacial score (nSPS) is 15.3. The number of anilines is 2. The predicted octanol–water partition coefficient (Wildman–Crippen LogP) is 14.0. The largest absolute Gasteiger partial charge is 0.311 e. The number of nitrogens with zero attached hydrogens (tertiary/aromatic N) is 1. The number of rotatable bonds is 7. The van der Waals surface area contributed by atoms with E-state index in [1.54, 1.807) is 0 Å². The third-order valence-electron chi connectivity index (χ3n) is 10.3. The maximum atomic E-state index is 2.44. The Morgan fingerprint density at radius 3 is 1.82 bits per heavy atom. The molecule has 1 nitrogen and oxygen atoms in total. The lowest BCUT2D eigenvalue weighted by molar-refractivity contribution is 0.840. The van der Waals surface area contributed by atoms with Gasteiger partial charge in [-0.15, -0.1) is 11.3 Å². The van der Waals surface area contributed by atoms with Crippen LogP contribution in [-0.4, -0.2) is 0 Å². The lowest BCUT2D eigenvalue weighted by atomic mass is 9.86. The summed E-state index contributed by atoms with van der Waals surface area (Å²) < 4.78 is 1.39. The second kappa shape index (κ2) is 13.9. The second-order valence-electron chi connectivity index (χ2n) is 13.6. The molecule has 0 spiro atoms. The highest BCUT2D eigenvalue weighted by Gasteiger charge is 2.20. The Labute approximate surface area is 305 Å². The van der Waals surface area contributed by atoms with Gasteiger partial charge in [-0.1, -0.05) is 133 Å². The Kier molecular flexibility index (Phi) is 8.53. The number of thiophene rings is 1. The minimum Gasteiger partial charge on any atom is -0.311 e. The van der Waals surface area contributed by atoms with Gasteiger partial charge in [-0.05, 0) is 119 Å². The van der Waals surface area contributed by atoms with Crippen LogP contribution in [-0.2, 0) is 6.42 Å². The Balaban J connectivity index is 1.10. The smallest absolute Gasteiger partial charge is 0.0461 e. The van der Waals surface area contributed by atoms with Crippen LogP contribution in [0.25, 0.3) is 49.5 Å². The van der Waals surface area contributed by atoms with E-state index in [2.05, 4.69) is 187 Å². The minimum atomic E-state index is 0.272. The van der Waals surface area contributed by atoms with Crippen molar-refractivity contribution in [1.82, 2.24) is 0 Å². The molecular formula is C49H39NS. The summed E-state index contributed by atoms with van der Waals surface area (Å²) in [4.78, 5) is 3.88. The molecule has 2 aliphatic rings. The van der Waals surface area contributed by atoms with Crippen molar-refractivity contribution in [1.29, 1.82) is 0 Å². The number of fused-ring (bicyclic) bond motifs is 3. The van der Waals surface area contributed by atoms with Gasteiger partial charge in [0.05, 0.1) is 0 Å². The van der Waals surface area contributed by atoms with Crippen LogP contribution < -0.4 is 4.90 Å². The van der Waals surface area contributed by atoms with Gasteiger partial charge in [-0.3, -0.25) is 0 Å². The summed E-state index contributed by atoms with van der Waals surface area (Å²) in [7, 11) is 0. The molecule has 6 aromatic carbocycles. The van der Waals surface area contributed by atoms with E-state index in [1.807, 2.05) is 11.3 Å². The summed E-state index contributed by atoms with van der Waals surface area (Å²) in [5, 5.41) is 1.39. The predicted molar refractivity (Wildman–Crippen MR) is 220 cm³/mol. The van der Waals surface area contributed by atoms with Crippen LogP contribution in [0.1, 0.15) is 41.2 Å². The highest BCUT2D eigenvalue weighted by Crippen LogP contribution is 2.41. The van der Waals surface area contributed by atoms with Gasteiger partial charge in [0.2, 0.25) is 0 Å². The van der Waals surface area contributed by atoms with Crippen molar-refractivity contribution in [3.63, 3.8) is 0 Å². The molecule has 9 rings (SSSR count). The molecule has 2 aliphatic carbocycles. The fraction of sp³-hybridized carbons (Fsp3) is 0.102.